The maximum Gasteiger partial charge on any atom is 0.225 e. The summed E-state index contributed by atoms with van der Waals surface area (Å²) in [6.07, 6.45) is 2.29. The van der Waals surface area contributed by atoms with Crippen molar-refractivity contribution in [2.75, 3.05) is 6.54 Å². The van der Waals surface area contributed by atoms with E-state index in [-0.39, 0.29) is 0 Å². The molecule has 0 aromatic heterocycles. The average Bonchev–Trinajstić information content (AvgIpc) is 1.63. The van der Waals surface area contributed by atoms with Crippen LogP contribution in [-0.4, -0.2) is 16.6 Å². The second-order valence-electron chi connectivity index (χ2n) is 1.58. The summed E-state index contributed by atoms with van der Waals surface area (Å²) in [6, 6.07) is 0. The molecule has 0 aliphatic heterocycles. The lowest BCUT2D eigenvalue weighted by molar-refractivity contribution is 0.934. The number of nitrogens with zero attached hydrogens (tertiary/aromatic N) is 1. The summed E-state index contributed by atoms with van der Waals surface area (Å²) in [7, 11) is 0. The van der Waals surface area contributed by atoms with Crippen LogP contribution in [0.25, 0.3) is 0 Å². The maximum absolute atomic E-state index is 5.35. The van der Waals surface area contributed by atoms with Crippen molar-refractivity contribution in [1.29, 1.82) is 0 Å². The molecule has 0 amide bonds. The molecule has 54 valence electrons. The minimum absolute atomic E-state index is 0.716. The molecule has 0 saturated heterocycles. The Balaban J connectivity index is 3.45. The molecule has 0 aliphatic rings. The highest BCUT2D eigenvalue weighted by molar-refractivity contribution is 6.74. The highest BCUT2D eigenvalue weighted by Gasteiger charge is 2.14. The SMILES string of the molecule is CCCN=CC(Cl)(Cl)Cl. The van der Waals surface area contributed by atoms with E-state index in [0.717, 1.165) is 6.42 Å². The van der Waals surface area contributed by atoms with Gasteiger partial charge in [0.25, 0.3) is 0 Å². The molecule has 0 bridgehead atoms. The van der Waals surface area contributed by atoms with Gasteiger partial charge in [-0.25, -0.2) is 0 Å². The third-order valence-corrected chi connectivity index (χ3v) is 0.883. The van der Waals surface area contributed by atoms with Gasteiger partial charge in [0.15, 0.2) is 0 Å². The number of alkyl halides is 3. The molecule has 0 aromatic rings. The van der Waals surface area contributed by atoms with E-state index in [1.807, 2.05) is 6.92 Å². The summed E-state index contributed by atoms with van der Waals surface area (Å²) >= 11 is 16.1. The zero-order chi connectivity index (χ0) is 7.33. The van der Waals surface area contributed by atoms with E-state index in [1.54, 1.807) is 0 Å². The van der Waals surface area contributed by atoms with Crippen molar-refractivity contribution in [2.45, 2.75) is 17.1 Å². The molecular weight excluding hydrogens is 180 g/mol. The van der Waals surface area contributed by atoms with Gasteiger partial charge in [-0.1, -0.05) is 41.7 Å². The predicted molar refractivity (Wildman–Crippen MR) is 43.9 cm³/mol. The Labute approximate surface area is 70.0 Å². The molecule has 0 N–H and O–H groups in total. The third kappa shape index (κ3) is 8.54. The lowest BCUT2D eigenvalue weighted by Crippen LogP contribution is -2.03. The first kappa shape index (κ1) is 9.54. The van der Waals surface area contributed by atoms with Crippen LogP contribution in [0.1, 0.15) is 13.3 Å². The standard InChI is InChI=1S/C5H8Cl3N/c1-2-3-9-4-5(6,7)8/h4H,2-3H2,1H3. The van der Waals surface area contributed by atoms with Crippen LogP contribution in [0.4, 0.5) is 0 Å². The van der Waals surface area contributed by atoms with Crippen LogP contribution in [0.15, 0.2) is 4.99 Å². The maximum atomic E-state index is 5.35. The summed E-state index contributed by atoms with van der Waals surface area (Å²) in [5.74, 6) is 0. The predicted octanol–water partition coefficient (Wildman–Crippen LogP) is 2.84. The van der Waals surface area contributed by atoms with E-state index in [9.17, 15) is 0 Å². The fourth-order valence-corrected chi connectivity index (χ4v) is 0.504. The van der Waals surface area contributed by atoms with Crippen molar-refractivity contribution in [3.63, 3.8) is 0 Å². The van der Waals surface area contributed by atoms with E-state index in [0.29, 0.717) is 6.54 Å². The minimum Gasteiger partial charge on any atom is -0.293 e. The van der Waals surface area contributed by atoms with Crippen molar-refractivity contribution >= 4 is 41.0 Å². The van der Waals surface area contributed by atoms with Gasteiger partial charge in [-0.15, -0.1) is 0 Å². The minimum atomic E-state index is -1.32. The van der Waals surface area contributed by atoms with Gasteiger partial charge in [-0.05, 0) is 6.42 Å². The molecule has 0 rings (SSSR count). The van der Waals surface area contributed by atoms with Gasteiger partial charge in [-0.2, -0.15) is 0 Å². The van der Waals surface area contributed by atoms with Crippen LogP contribution in [0, 0.1) is 0 Å². The Bertz CT molecular complexity index is 94.9. The van der Waals surface area contributed by atoms with E-state index >= 15 is 0 Å². The van der Waals surface area contributed by atoms with Gasteiger partial charge in [0, 0.05) is 12.8 Å². The summed E-state index contributed by atoms with van der Waals surface area (Å²) in [6.45, 7) is 2.73. The Morgan fingerprint density at radius 3 is 2.33 bits per heavy atom. The smallest absolute Gasteiger partial charge is 0.225 e. The molecule has 0 fully saturated rings. The first-order chi connectivity index (χ1) is 4.06. The lowest BCUT2D eigenvalue weighted by atomic mass is 10.5. The Kier molecular flexibility index (Phi) is 4.63. The van der Waals surface area contributed by atoms with Crippen molar-refractivity contribution in [2.24, 2.45) is 4.99 Å². The van der Waals surface area contributed by atoms with E-state index in [1.165, 1.54) is 6.21 Å². The third-order valence-electron chi connectivity index (χ3n) is 0.590. The second kappa shape index (κ2) is 4.37. The molecule has 0 unspecified atom stereocenters. The normalized spacial score (nSPS) is 12.9. The molecule has 0 aromatic carbocycles. The number of hydrogen-bond donors (Lipinski definition) is 0. The van der Waals surface area contributed by atoms with Crippen LogP contribution in [-0.2, 0) is 0 Å². The van der Waals surface area contributed by atoms with Crippen LogP contribution < -0.4 is 0 Å². The zero-order valence-electron chi connectivity index (χ0n) is 5.07. The fraction of sp³-hybridized carbons (Fsp3) is 0.800. The van der Waals surface area contributed by atoms with Crippen LogP contribution in [0.2, 0.25) is 0 Å². The number of halogens is 3. The van der Waals surface area contributed by atoms with Crippen molar-refractivity contribution < 1.29 is 0 Å². The molecule has 0 aliphatic carbocycles. The van der Waals surface area contributed by atoms with Gasteiger partial charge in [-0.3, -0.25) is 4.99 Å². The average molecular weight is 188 g/mol. The summed E-state index contributed by atoms with van der Waals surface area (Å²) in [4.78, 5) is 3.84. The van der Waals surface area contributed by atoms with E-state index < -0.39 is 3.79 Å². The quantitative estimate of drug-likeness (QED) is 0.467. The van der Waals surface area contributed by atoms with Crippen LogP contribution in [0.5, 0.6) is 0 Å². The molecular formula is C5H8Cl3N. The Hall–Kier alpha value is 0.540. The Morgan fingerprint density at radius 1 is 1.44 bits per heavy atom. The molecule has 0 saturated carbocycles. The van der Waals surface area contributed by atoms with Gasteiger partial charge in [0.2, 0.25) is 3.79 Å². The molecule has 0 atom stereocenters. The van der Waals surface area contributed by atoms with Gasteiger partial charge >= 0.3 is 0 Å². The highest BCUT2D eigenvalue weighted by atomic mass is 35.6. The fourth-order valence-electron chi connectivity index (χ4n) is 0.297. The molecule has 4 heteroatoms. The molecule has 0 spiro atoms. The van der Waals surface area contributed by atoms with Gasteiger partial charge < -0.3 is 0 Å². The van der Waals surface area contributed by atoms with Crippen molar-refractivity contribution in [3.8, 4) is 0 Å². The molecule has 1 nitrogen and oxygen atoms in total. The summed E-state index contributed by atoms with van der Waals surface area (Å²) in [5, 5.41) is 0. The monoisotopic (exact) mass is 187 g/mol. The first-order valence-corrected chi connectivity index (χ1v) is 3.77. The van der Waals surface area contributed by atoms with E-state index in [4.69, 9.17) is 34.8 Å². The second-order valence-corrected chi connectivity index (χ2v) is 3.95. The van der Waals surface area contributed by atoms with E-state index in [2.05, 4.69) is 4.99 Å². The van der Waals surface area contributed by atoms with Crippen LogP contribution in [0.3, 0.4) is 0 Å². The first-order valence-electron chi connectivity index (χ1n) is 2.64. The summed E-state index contributed by atoms with van der Waals surface area (Å²) in [5.41, 5.74) is 0. The summed E-state index contributed by atoms with van der Waals surface area (Å²) < 4.78 is -1.32. The number of hydrogen-bond acceptors (Lipinski definition) is 1. The van der Waals surface area contributed by atoms with Crippen LogP contribution >= 0.6 is 34.8 Å². The largest absolute Gasteiger partial charge is 0.293 e. The molecule has 9 heavy (non-hydrogen) atoms. The molecule has 0 heterocycles. The van der Waals surface area contributed by atoms with Crippen molar-refractivity contribution in [1.82, 2.24) is 0 Å². The number of aliphatic imine (C=N–C) groups is 1. The van der Waals surface area contributed by atoms with Gasteiger partial charge in [0.05, 0.1) is 0 Å². The van der Waals surface area contributed by atoms with Gasteiger partial charge in [0.1, 0.15) is 0 Å². The zero-order valence-corrected chi connectivity index (χ0v) is 7.34. The molecule has 0 radical (unpaired) electrons. The lowest BCUT2D eigenvalue weighted by Gasteiger charge is -1.99. The topological polar surface area (TPSA) is 12.4 Å². The number of rotatable bonds is 2. The van der Waals surface area contributed by atoms with Crippen molar-refractivity contribution in [3.05, 3.63) is 0 Å². The highest BCUT2D eigenvalue weighted by Crippen LogP contribution is 2.22. The Morgan fingerprint density at radius 2 is 2.00 bits per heavy atom.